The smallest absolute Gasteiger partial charge is 0.264 e. The Bertz CT molecular complexity index is 1150. The third-order valence-electron chi connectivity index (χ3n) is 6.54. The van der Waals surface area contributed by atoms with Gasteiger partial charge in [-0.1, -0.05) is 23.2 Å². The van der Waals surface area contributed by atoms with Crippen molar-refractivity contribution in [3.63, 3.8) is 0 Å². The van der Waals surface area contributed by atoms with E-state index in [-0.39, 0.29) is 46.3 Å². The molecule has 1 saturated heterocycles. The van der Waals surface area contributed by atoms with E-state index in [9.17, 15) is 23.2 Å². The maximum absolute atomic E-state index is 13.9. The minimum atomic E-state index is -1.32. The van der Waals surface area contributed by atoms with E-state index >= 15 is 0 Å². The summed E-state index contributed by atoms with van der Waals surface area (Å²) in [6.07, 6.45) is 1.86. The Kier molecular flexibility index (Phi) is 8.12. The average molecular weight is 539 g/mol. The molecule has 1 atom stereocenters. The third-order valence-corrected chi connectivity index (χ3v) is 7.28. The maximum atomic E-state index is 13.9. The van der Waals surface area contributed by atoms with Crippen LogP contribution in [0, 0.1) is 11.6 Å². The second kappa shape index (κ2) is 11.1. The summed E-state index contributed by atoms with van der Waals surface area (Å²) in [5, 5.41) is 3.38. The van der Waals surface area contributed by atoms with Crippen LogP contribution in [0.25, 0.3) is 0 Å². The van der Waals surface area contributed by atoms with E-state index in [1.807, 2.05) is 0 Å². The number of rotatable bonds is 4. The first-order chi connectivity index (χ1) is 17.1. The number of nitrogens with two attached hydrogens (primary N) is 1. The molecule has 192 valence electrons. The molecular formula is C25H26Cl2F2N4O3. The third kappa shape index (κ3) is 5.79. The molecule has 2 aliphatic rings. The van der Waals surface area contributed by atoms with Gasteiger partial charge < -0.3 is 20.9 Å². The summed E-state index contributed by atoms with van der Waals surface area (Å²) in [4.78, 5) is 42.9. The molecule has 2 fully saturated rings. The lowest BCUT2D eigenvalue weighted by Gasteiger charge is -2.43. The van der Waals surface area contributed by atoms with Gasteiger partial charge in [-0.05, 0) is 62.4 Å². The normalized spacial score (nSPS) is 22.3. The molecule has 2 aromatic carbocycles. The fraction of sp³-hybridized carbons (Fsp3) is 0.400. The van der Waals surface area contributed by atoms with Crippen LogP contribution in [0.3, 0.4) is 0 Å². The van der Waals surface area contributed by atoms with Crippen LogP contribution in [0.15, 0.2) is 36.4 Å². The average Bonchev–Trinajstić information content (AvgIpc) is 2.85. The highest BCUT2D eigenvalue weighted by atomic mass is 35.5. The molecule has 0 spiro atoms. The number of halogens is 4. The lowest BCUT2D eigenvalue weighted by Crippen LogP contribution is -2.64. The van der Waals surface area contributed by atoms with E-state index in [1.165, 1.54) is 28.0 Å². The van der Waals surface area contributed by atoms with E-state index in [4.69, 9.17) is 28.9 Å². The van der Waals surface area contributed by atoms with E-state index in [0.29, 0.717) is 25.3 Å². The molecule has 3 N–H and O–H groups in total. The van der Waals surface area contributed by atoms with Crippen LogP contribution in [0.2, 0.25) is 10.0 Å². The van der Waals surface area contributed by atoms with Crippen molar-refractivity contribution in [3.8, 4) is 0 Å². The Morgan fingerprint density at radius 3 is 2.00 bits per heavy atom. The molecule has 11 heteroatoms. The fourth-order valence-corrected chi connectivity index (χ4v) is 5.01. The topological polar surface area (TPSA) is 95.7 Å². The highest BCUT2D eigenvalue weighted by molar-refractivity contribution is 6.42. The number of hydrogen-bond acceptors (Lipinski definition) is 4. The first kappa shape index (κ1) is 26.3. The lowest BCUT2D eigenvalue weighted by molar-refractivity contribution is -0.133. The van der Waals surface area contributed by atoms with Gasteiger partial charge in [0.15, 0.2) is 6.17 Å². The van der Waals surface area contributed by atoms with Gasteiger partial charge in [-0.25, -0.2) is 8.78 Å². The Balaban J connectivity index is 1.67. The fourth-order valence-electron chi connectivity index (χ4n) is 4.71. The van der Waals surface area contributed by atoms with Gasteiger partial charge in [-0.2, -0.15) is 0 Å². The van der Waals surface area contributed by atoms with Crippen molar-refractivity contribution in [2.24, 2.45) is 5.73 Å². The minimum Gasteiger partial charge on any atom is -0.350 e. The van der Waals surface area contributed by atoms with Crippen LogP contribution < -0.4 is 11.1 Å². The number of amides is 3. The van der Waals surface area contributed by atoms with Crippen molar-refractivity contribution >= 4 is 40.9 Å². The summed E-state index contributed by atoms with van der Waals surface area (Å²) in [5.41, 5.74) is 5.91. The number of benzene rings is 2. The number of nitrogens with one attached hydrogen (secondary N) is 1. The van der Waals surface area contributed by atoms with Gasteiger partial charge in [0.05, 0.1) is 10.0 Å². The van der Waals surface area contributed by atoms with Crippen LogP contribution in [0.4, 0.5) is 8.78 Å². The van der Waals surface area contributed by atoms with Gasteiger partial charge in [0.25, 0.3) is 17.7 Å². The predicted octanol–water partition coefficient (Wildman–Crippen LogP) is 3.97. The molecule has 1 aliphatic heterocycles. The highest BCUT2D eigenvalue weighted by Gasteiger charge is 2.41. The van der Waals surface area contributed by atoms with Crippen LogP contribution in [-0.2, 0) is 4.79 Å². The monoisotopic (exact) mass is 538 g/mol. The van der Waals surface area contributed by atoms with Crippen LogP contribution >= 0.6 is 23.2 Å². The molecule has 4 rings (SSSR count). The van der Waals surface area contributed by atoms with Crippen molar-refractivity contribution in [1.82, 2.24) is 15.1 Å². The van der Waals surface area contributed by atoms with E-state index in [2.05, 4.69) is 5.32 Å². The molecular weight excluding hydrogens is 513 g/mol. The van der Waals surface area contributed by atoms with Crippen LogP contribution in [0.5, 0.6) is 0 Å². The summed E-state index contributed by atoms with van der Waals surface area (Å²) in [7, 11) is 0. The van der Waals surface area contributed by atoms with E-state index in [1.54, 1.807) is 0 Å². The first-order valence-corrected chi connectivity index (χ1v) is 12.5. The van der Waals surface area contributed by atoms with Gasteiger partial charge in [0, 0.05) is 42.4 Å². The van der Waals surface area contributed by atoms with Crippen LogP contribution in [0.1, 0.15) is 52.8 Å². The Hall–Kier alpha value is -2.75. The zero-order valence-electron chi connectivity index (χ0n) is 19.4. The van der Waals surface area contributed by atoms with Gasteiger partial charge in [0.1, 0.15) is 11.6 Å². The SMILES string of the molecule is NC1CCC(NC(=O)C2N(C(=O)c3cc(F)cc(F)c3)CCCN2C(=O)c2ccc(Cl)c(Cl)c2)CC1. The lowest BCUT2D eigenvalue weighted by atomic mass is 9.91. The van der Waals surface area contributed by atoms with Gasteiger partial charge in [-0.15, -0.1) is 0 Å². The van der Waals surface area contributed by atoms with Gasteiger partial charge in [0.2, 0.25) is 0 Å². The second-order valence-electron chi connectivity index (χ2n) is 9.13. The Labute approximate surface area is 217 Å². The summed E-state index contributed by atoms with van der Waals surface area (Å²) in [6, 6.07) is 6.73. The maximum Gasteiger partial charge on any atom is 0.264 e. The molecule has 3 amide bonds. The highest BCUT2D eigenvalue weighted by Crippen LogP contribution is 2.27. The number of nitrogens with zero attached hydrogens (tertiary/aromatic N) is 2. The Morgan fingerprint density at radius 1 is 0.833 bits per heavy atom. The van der Waals surface area contributed by atoms with Crippen LogP contribution in [-0.4, -0.2) is 58.9 Å². The summed E-state index contributed by atoms with van der Waals surface area (Å²) in [6.45, 7) is 0.309. The molecule has 1 saturated carbocycles. The van der Waals surface area contributed by atoms with Gasteiger partial charge in [-0.3, -0.25) is 14.4 Å². The molecule has 1 unspecified atom stereocenters. The van der Waals surface area contributed by atoms with Crippen molar-refractivity contribution in [2.45, 2.75) is 50.4 Å². The van der Waals surface area contributed by atoms with E-state index in [0.717, 1.165) is 25.0 Å². The molecule has 0 aromatic heterocycles. The zero-order chi connectivity index (χ0) is 26.0. The predicted molar refractivity (Wildman–Crippen MR) is 132 cm³/mol. The molecule has 0 bridgehead atoms. The zero-order valence-corrected chi connectivity index (χ0v) is 20.9. The summed E-state index contributed by atoms with van der Waals surface area (Å²) in [5.74, 6) is -3.67. The number of hydrogen-bond donors (Lipinski definition) is 2. The largest absolute Gasteiger partial charge is 0.350 e. The van der Waals surface area contributed by atoms with Crippen molar-refractivity contribution in [2.75, 3.05) is 13.1 Å². The number of carbonyl (C=O) groups excluding carboxylic acids is 3. The summed E-state index contributed by atoms with van der Waals surface area (Å²) >= 11 is 12.1. The standard InChI is InChI=1S/C25H26Cl2F2N4O3/c26-20-7-2-14(12-21(20)27)24(35)32-8-1-9-33(25(36)15-10-16(28)13-17(29)11-15)23(32)22(34)31-19-5-3-18(30)4-6-19/h2,7,10-13,18-19,23H,1,3-6,8-9,30H2,(H,31,34). The summed E-state index contributed by atoms with van der Waals surface area (Å²) < 4.78 is 27.7. The number of carbonyl (C=O) groups is 3. The molecule has 7 nitrogen and oxygen atoms in total. The quantitative estimate of drug-likeness (QED) is 0.615. The minimum absolute atomic E-state index is 0.0708. The molecule has 0 radical (unpaired) electrons. The first-order valence-electron chi connectivity index (χ1n) is 11.7. The van der Waals surface area contributed by atoms with E-state index < -0.39 is 35.5 Å². The van der Waals surface area contributed by atoms with Gasteiger partial charge >= 0.3 is 0 Å². The Morgan fingerprint density at radius 2 is 1.42 bits per heavy atom. The molecule has 2 aromatic rings. The second-order valence-corrected chi connectivity index (χ2v) is 9.95. The van der Waals surface area contributed by atoms with Crippen molar-refractivity contribution in [3.05, 3.63) is 69.2 Å². The molecule has 36 heavy (non-hydrogen) atoms. The van der Waals surface area contributed by atoms with Crippen molar-refractivity contribution in [1.29, 1.82) is 0 Å². The molecule has 1 aliphatic carbocycles. The van der Waals surface area contributed by atoms with Crippen molar-refractivity contribution < 1.29 is 23.2 Å². The molecule has 1 heterocycles.